The molecule has 9 heteroatoms. The second-order valence-electron chi connectivity index (χ2n) is 6.60. The summed E-state index contributed by atoms with van der Waals surface area (Å²) in [6, 6.07) is 6.93. The second-order valence-corrected chi connectivity index (χ2v) is 7.04. The molecule has 28 heavy (non-hydrogen) atoms. The van der Waals surface area contributed by atoms with Gasteiger partial charge in [0.25, 0.3) is 5.89 Å². The van der Waals surface area contributed by atoms with Gasteiger partial charge in [-0.05, 0) is 25.0 Å². The van der Waals surface area contributed by atoms with E-state index in [4.69, 9.17) is 20.9 Å². The van der Waals surface area contributed by atoms with Gasteiger partial charge < -0.3 is 9.26 Å². The van der Waals surface area contributed by atoms with Gasteiger partial charge in [-0.2, -0.15) is 4.98 Å². The molecule has 1 aliphatic heterocycles. The normalized spacial score (nSPS) is 21.1. The van der Waals surface area contributed by atoms with E-state index in [0.717, 1.165) is 4.90 Å². The Kier molecular flexibility index (Phi) is 4.95. The number of nitrogens with zero attached hydrogens (tertiary/aromatic N) is 3. The lowest BCUT2D eigenvalue weighted by molar-refractivity contribution is -0.154. The lowest BCUT2D eigenvalue weighted by atomic mass is 9.85. The van der Waals surface area contributed by atoms with Gasteiger partial charge in [0.05, 0.1) is 11.8 Å². The SMILES string of the molecule is O=C(CN1C(=O)[C@H]2CC=CC[C@@H]2C1=O)OCc1nc(-c2cccc(Cl)c2)no1. The first-order chi connectivity index (χ1) is 13.5. The van der Waals surface area contributed by atoms with Gasteiger partial charge in [-0.3, -0.25) is 19.3 Å². The summed E-state index contributed by atoms with van der Waals surface area (Å²) in [6.45, 7) is -0.670. The number of carbonyl (C=O) groups excluding carboxylic acids is 3. The maximum Gasteiger partial charge on any atom is 0.326 e. The minimum atomic E-state index is -0.712. The zero-order valence-electron chi connectivity index (χ0n) is 14.7. The number of esters is 1. The molecule has 2 atom stereocenters. The van der Waals surface area contributed by atoms with Crippen molar-refractivity contribution in [1.29, 1.82) is 0 Å². The molecule has 1 aromatic heterocycles. The summed E-state index contributed by atoms with van der Waals surface area (Å²) in [7, 11) is 0. The van der Waals surface area contributed by atoms with E-state index in [0.29, 0.717) is 29.3 Å². The molecule has 2 amide bonds. The summed E-state index contributed by atoms with van der Waals surface area (Å²) in [5, 5.41) is 4.35. The maximum absolute atomic E-state index is 12.4. The van der Waals surface area contributed by atoms with Crippen LogP contribution in [0.15, 0.2) is 40.9 Å². The summed E-state index contributed by atoms with van der Waals surface area (Å²) < 4.78 is 10.2. The minimum absolute atomic E-state index is 0.0975. The fourth-order valence-corrected chi connectivity index (χ4v) is 3.59. The summed E-state index contributed by atoms with van der Waals surface area (Å²) >= 11 is 5.94. The average molecular weight is 402 g/mol. The number of allylic oxidation sites excluding steroid dienone is 2. The van der Waals surface area contributed by atoms with E-state index < -0.39 is 12.5 Å². The van der Waals surface area contributed by atoms with Gasteiger partial charge in [-0.15, -0.1) is 0 Å². The molecule has 2 heterocycles. The topological polar surface area (TPSA) is 103 Å². The third-order valence-corrected chi connectivity index (χ3v) is 5.03. The Labute approximate surface area is 165 Å². The van der Waals surface area contributed by atoms with Crippen molar-refractivity contribution >= 4 is 29.4 Å². The number of amides is 2. The molecule has 0 N–H and O–H groups in total. The van der Waals surface area contributed by atoms with Crippen molar-refractivity contribution in [2.45, 2.75) is 19.4 Å². The first-order valence-corrected chi connectivity index (χ1v) is 9.15. The lowest BCUT2D eigenvalue weighted by Crippen LogP contribution is -2.36. The number of aromatic nitrogens is 2. The van der Waals surface area contributed by atoms with Gasteiger partial charge in [-0.25, -0.2) is 0 Å². The fraction of sp³-hybridized carbons (Fsp3) is 0.316. The van der Waals surface area contributed by atoms with E-state index in [1.807, 2.05) is 12.2 Å². The van der Waals surface area contributed by atoms with Gasteiger partial charge in [0.1, 0.15) is 6.54 Å². The van der Waals surface area contributed by atoms with Gasteiger partial charge in [0.15, 0.2) is 6.61 Å². The molecular weight excluding hydrogens is 386 g/mol. The molecule has 1 saturated heterocycles. The monoisotopic (exact) mass is 401 g/mol. The molecule has 0 unspecified atom stereocenters. The largest absolute Gasteiger partial charge is 0.454 e. The summed E-state index contributed by atoms with van der Waals surface area (Å²) in [4.78, 5) is 41.9. The molecule has 2 aromatic rings. The number of rotatable bonds is 5. The van der Waals surface area contributed by atoms with E-state index in [1.165, 1.54) is 0 Å². The Morgan fingerprint density at radius 1 is 1.21 bits per heavy atom. The Bertz CT molecular complexity index is 944. The van der Waals surface area contributed by atoms with Crippen molar-refractivity contribution in [2.75, 3.05) is 6.54 Å². The Balaban J connectivity index is 1.34. The summed E-state index contributed by atoms with van der Waals surface area (Å²) in [5.74, 6) is -1.69. The number of carbonyl (C=O) groups is 3. The number of fused-ring (bicyclic) bond motifs is 1. The lowest BCUT2D eigenvalue weighted by Gasteiger charge is -2.14. The van der Waals surface area contributed by atoms with Crippen molar-refractivity contribution in [2.24, 2.45) is 11.8 Å². The molecule has 4 rings (SSSR count). The fourth-order valence-electron chi connectivity index (χ4n) is 3.40. The second kappa shape index (κ2) is 7.55. The van der Waals surface area contributed by atoms with Crippen LogP contribution in [0.1, 0.15) is 18.7 Å². The van der Waals surface area contributed by atoms with E-state index in [-0.39, 0.29) is 36.1 Å². The van der Waals surface area contributed by atoms with Crippen molar-refractivity contribution < 1.29 is 23.6 Å². The molecule has 1 fully saturated rings. The molecule has 0 spiro atoms. The standard InChI is InChI=1S/C19H16ClN3O5/c20-12-5-3-4-11(8-12)17-21-15(28-22-17)10-27-16(24)9-23-18(25)13-6-1-2-7-14(13)19(23)26/h1-5,8,13-14H,6-7,9-10H2/t13-,14-/m0/s1. The van der Waals surface area contributed by atoms with E-state index in [9.17, 15) is 14.4 Å². The van der Waals surface area contributed by atoms with Crippen LogP contribution < -0.4 is 0 Å². The number of hydrogen-bond donors (Lipinski definition) is 0. The highest BCUT2D eigenvalue weighted by atomic mass is 35.5. The highest BCUT2D eigenvalue weighted by molar-refractivity contribution is 6.30. The maximum atomic E-state index is 12.4. The van der Waals surface area contributed by atoms with Crippen LogP contribution >= 0.6 is 11.6 Å². The van der Waals surface area contributed by atoms with Crippen molar-refractivity contribution in [3.05, 3.63) is 47.3 Å². The Morgan fingerprint density at radius 3 is 2.61 bits per heavy atom. The molecule has 144 valence electrons. The number of ether oxygens (including phenoxy) is 1. The van der Waals surface area contributed by atoms with Crippen LogP contribution in [0.2, 0.25) is 5.02 Å². The molecule has 0 saturated carbocycles. The summed E-state index contributed by atoms with van der Waals surface area (Å²) in [6.07, 6.45) is 4.83. The zero-order valence-corrected chi connectivity index (χ0v) is 15.5. The molecule has 0 radical (unpaired) electrons. The number of hydrogen-bond acceptors (Lipinski definition) is 7. The van der Waals surface area contributed by atoms with Crippen molar-refractivity contribution in [3.8, 4) is 11.4 Å². The molecule has 2 aliphatic rings. The predicted octanol–water partition coefficient (Wildman–Crippen LogP) is 2.38. The summed E-state index contributed by atoms with van der Waals surface area (Å²) in [5.41, 5.74) is 0.665. The van der Waals surface area contributed by atoms with Gasteiger partial charge in [-0.1, -0.05) is 41.0 Å². The first-order valence-electron chi connectivity index (χ1n) is 8.77. The van der Waals surface area contributed by atoms with Crippen LogP contribution in [0.4, 0.5) is 0 Å². The highest BCUT2D eigenvalue weighted by Crippen LogP contribution is 2.34. The van der Waals surface area contributed by atoms with Gasteiger partial charge in [0, 0.05) is 10.6 Å². The highest BCUT2D eigenvalue weighted by Gasteiger charge is 2.47. The Morgan fingerprint density at radius 2 is 1.93 bits per heavy atom. The third kappa shape index (κ3) is 3.55. The van der Waals surface area contributed by atoms with Crippen LogP contribution in [0.5, 0.6) is 0 Å². The van der Waals surface area contributed by atoms with Crippen LogP contribution in [-0.4, -0.2) is 39.4 Å². The minimum Gasteiger partial charge on any atom is -0.454 e. The number of imide groups is 1. The molecular formula is C19H16ClN3O5. The van der Waals surface area contributed by atoms with Crippen molar-refractivity contribution in [1.82, 2.24) is 15.0 Å². The van der Waals surface area contributed by atoms with Gasteiger partial charge >= 0.3 is 5.97 Å². The number of halogens is 1. The van der Waals surface area contributed by atoms with Crippen LogP contribution in [0, 0.1) is 11.8 Å². The average Bonchev–Trinajstić information content (AvgIpc) is 3.26. The quantitative estimate of drug-likeness (QED) is 0.430. The van der Waals surface area contributed by atoms with E-state index >= 15 is 0 Å². The van der Waals surface area contributed by atoms with E-state index in [1.54, 1.807) is 24.3 Å². The molecule has 1 aliphatic carbocycles. The number of benzene rings is 1. The smallest absolute Gasteiger partial charge is 0.326 e. The van der Waals surface area contributed by atoms with Gasteiger partial charge in [0.2, 0.25) is 17.6 Å². The van der Waals surface area contributed by atoms with Crippen molar-refractivity contribution in [3.63, 3.8) is 0 Å². The van der Waals surface area contributed by atoms with Crippen LogP contribution in [-0.2, 0) is 25.7 Å². The third-order valence-electron chi connectivity index (χ3n) is 4.79. The van der Waals surface area contributed by atoms with E-state index in [2.05, 4.69) is 10.1 Å². The molecule has 1 aromatic carbocycles. The Hall–Kier alpha value is -3.00. The first kappa shape index (κ1) is 18.4. The van der Waals surface area contributed by atoms with Crippen LogP contribution in [0.3, 0.4) is 0 Å². The number of likely N-dealkylation sites (tertiary alicyclic amines) is 1. The molecule has 8 nitrogen and oxygen atoms in total. The van der Waals surface area contributed by atoms with Crippen LogP contribution in [0.25, 0.3) is 11.4 Å². The zero-order chi connectivity index (χ0) is 19.7. The molecule has 0 bridgehead atoms. The predicted molar refractivity (Wildman–Crippen MR) is 96.6 cm³/mol.